The molecule has 44 heavy (non-hydrogen) atoms. The standard InChI is InChI=1S/C39H37N5/c1-2-9-28(10-3-1)36-37-31-11-4-6-14-34(31)43-22-8-13-33(39(37)43)41-38(36)29-18-16-27(17-19-29)25-42-23-20-30(21-24-42)44-26-40-32-12-5-7-15-35(32)44/h1-7,9-12,14-19,30,40H,8,13,20-26H2. The van der Waals surface area contributed by atoms with Crippen LogP contribution < -0.4 is 10.2 Å². The Labute approximate surface area is 258 Å². The number of para-hydroxylation sites is 3. The minimum Gasteiger partial charge on any atom is -0.366 e. The van der Waals surface area contributed by atoms with Crippen molar-refractivity contribution in [1.82, 2.24) is 14.5 Å². The second-order valence-corrected chi connectivity index (χ2v) is 12.7. The second-order valence-electron chi connectivity index (χ2n) is 12.7. The number of likely N-dealkylation sites (tertiary alicyclic amines) is 1. The Kier molecular flexibility index (Phi) is 6.19. The summed E-state index contributed by atoms with van der Waals surface area (Å²) in [6, 6.07) is 38.4. The molecule has 0 saturated carbocycles. The van der Waals surface area contributed by atoms with Gasteiger partial charge in [0.05, 0.1) is 34.9 Å². The third-order valence-corrected chi connectivity index (χ3v) is 10.1. The number of anilines is 2. The first-order valence-corrected chi connectivity index (χ1v) is 16.2. The van der Waals surface area contributed by atoms with E-state index in [1.54, 1.807) is 0 Å². The molecule has 218 valence electrons. The fourth-order valence-electron chi connectivity index (χ4n) is 7.99. The molecule has 3 aliphatic heterocycles. The molecule has 0 radical (unpaired) electrons. The Balaban J connectivity index is 1.02. The largest absolute Gasteiger partial charge is 0.366 e. The van der Waals surface area contributed by atoms with E-state index in [0.717, 1.165) is 51.4 Å². The predicted molar refractivity (Wildman–Crippen MR) is 182 cm³/mol. The first-order valence-electron chi connectivity index (χ1n) is 16.2. The molecule has 1 saturated heterocycles. The van der Waals surface area contributed by atoms with Gasteiger partial charge in [0.25, 0.3) is 0 Å². The van der Waals surface area contributed by atoms with Crippen molar-refractivity contribution in [2.45, 2.75) is 44.8 Å². The summed E-state index contributed by atoms with van der Waals surface area (Å²) in [5.41, 5.74) is 12.7. The molecule has 9 rings (SSSR count). The van der Waals surface area contributed by atoms with Crippen LogP contribution >= 0.6 is 0 Å². The summed E-state index contributed by atoms with van der Waals surface area (Å²) in [4.78, 5) is 10.6. The van der Waals surface area contributed by atoms with Gasteiger partial charge in [0.15, 0.2) is 0 Å². The van der Waals surface area contributed by atoms with Gasteiger partial charge in [-0.05, 0) is 55.0 Å². The summed E-state index contributed by atoms with van der Waals surface area (Å²) in [5, 5.41) is 6.26. The molecule has 0 bridgehead atoms. The zero-order valence-electron chi connectivity index (χ0n) is 25.0. The molecule has 0 atom stereocenters. The summed E-state index contributed by atoms with van der Waals surface area (Å²) in [5.74, 6) is 0. The van der Waals surface area contributed by atoms with Crippen LogP contribution in [0.5, 0.6) is 0 Å². The smallest absolute Gasteiger partial charge is 0.0880 e. The third kappa shape index (κ3) is 4.21. The summed E-state index contributed by atoms with van der Waals surface area (Å²) < 4.78 is 2.51. The number of aryl methyl sites for hydroxylation is 2. The highest BCUT2D eigenvalue weighted by molar-refractivity contribution is 6.18. The summed E-state index contributed by atoms with van der Waals surface area (Å²) in [6.45, 7) is 5.25. The van der Waals surface area contributed by atoms with Crippen LogP contribution in [0.25, 0.3) is 44.2 Å². The van der Waals surface area contributed by atoms with Gasteiger partial charge < -0.3 is 14.8 Å². The maximum Gasteiger partial charge on any atom is 0.0880 e. The average molecular weight is 576 g/mol. The fourth-order valence-corrected chi connectivity index (χ4v) is 7.99. The van der Waals surface area contributed by atoms with Crippen LogP contribution in [0.3, 0.4) is 0 Å². The first-order chi connectivity index (χ1) is 21.8. The molecule has 2 aromatic heterocycles. The van der Waals surface area contributed by atoms with Gasteiger partial charge in [-0.3, -0.25) is 4.90 Å². The molecule has 0 unspecified atom stereocenters. The number of hydrogen-bond donors (Lipinski definition) is 1. The Morgan fingerprint density at radius 2 is 1.52 bits per heavy atom. The normalized spacial score (nSPS) is 16.9. The molecule has 0 amide bonds. The van der Waals surface area contributed by atoms with Crippen molar-refractivity contribution in [1.29, 1.82) is 0 Å². The first kappa shape index (κ1) is 25.8. The Morgan fingerprint density at radius 3 is 2.39 bits per heavy atom. The van der Waals surface area contributed by atoms with E-state index in [4.69, 9.17) is 4.98 Å². The minimum atomic E-state index is 0.606. The van der Waals surface area contributed by atoms with Gasteiger partial charge in [-0.25, -0.2) is 4.98 Å². The number of piperidine rings is 1. The van der Waals surface area contributed by atoms with Crippen molar-refractivity contribution >= 4 is 33.2 Å². The van der Waals surface area contributed by atoms with E-state index in [1.165, 1.54) is 74.0 Å². The van der Waals surface area contributed by atoms with E-state index in [-0.39, 0.29) is 0 Å². The number of pyridine rings is 1. The zero-order chi connectivity index (χ0) is 29.0. The molecule has 1 fully saturated rings. The fraction of sp³-hybridized carbons (Fsp3) is 0.256. The second kappa shape index (κ2) is 10.5. The minimum absolute atomic E-state index is 0.606. The number of nitrogens with zero attached hydrogens (tertiary/aromatic N) is 4. The SMILES string of the molecule is c1ccc(-c2c(-c3ccc(CN4CCC(N5CNc6ccccc65)CC4)cc3)nc3c4c2c2ccccc2n4CCC3)cc1. The maximum absolute atomic E-state index is 5.44. The predicted octanol–water partition coefficient (Wildman–Crippen LogP) is 8.32. The third-order valence-electron chi connectivity index (χ3n) is 10.1. The zero-order valence-corrected chi connectivity index (χ0v) is 25.0. The molecular weight excluding hydrogens is 538 g/mol. The summed E-state index contributed by atoms with van der Waals surface area (Å²) in [7, 11) is 0. The van der Waals surface area contributed by atoms with E-state index in [0.29, 0.717) is 6.04 Å². The molecule has 5 nitrogen and oxygen atoms in total. The van der Waals surface area contributed by atoms with Gasteiger partial charge in [0.2, 0.25) is 0 Å². The molecular formula is C39H37N5. The van der Waals surface area contributed by atoms with Crippen LogP contribution in [-0.4, -0.2) is 40.3 Å². The van der Waals surface area contributed by atoms with E-state index >= 15 is 0 Å². The maximum atomic E-state index is 5.44. The van der Waals surface area contributed by atoms with E-state index < -0.39 is 0 Å². The average Bonchev–Trinajstić information content (AvgIpc) is 3.67. The number of benzene rings is 4. The van der Waals surface area contributed by atoms with Gasteiger partial charge in [0.1, 0.15) is 0 Å². The van der Waals surface area contributed by atoms with Crippen molar-refractivity contribution in [3.8, 4) is 22.4 Å². The number of hydrogen-bond acceptors (Lipinski definition) is 4. The molecule has 0 aliphatic carbocycles. The molecule has 0 spiro atoms. The lowest BCUT2D eigenvalue weighted by Crippen LogP contribution is -2.44. The van der Waals surface area contributed by atoms with Crippen LogP contribution in [0.1, 0.15) is 30.5 Å². The lowest BCUT2D eigenvalue weighted by Gasteiger charge is -2.37. The van der Waals surface area contributed by atoms with E-state index in [2.05, 4.69) is 123 Å². The number of rotatable bonds is 5. The lowest BCUT2D eigenvalue weighted by molar-refractivity contribution is 0.202. The van der Waals surface area contributed by atoms with Gasteiger partial charge in [0, 0.05) is 59.6 Å². The monoisotopic (exact) mass is 575 g/mol. The number of aromatic nitrogens is 2. The molecule has 4 aromatic carbocycles. The highest BCUT2D eigenvalue weighted by atomic mass is 15.3. The van der Waals surface area contributed by atoms with Crippen LogP contribution in [0.15, 0.2) is 103 Å². The Morgan fingerprint density at radius 1 is 0.750 bits per heavy atom. The topological polar surface area (TPSA) is 36.3 Å². The van der Waals surface area contributed by atoms with Crippen molar-refractivity contribution < 1.29 is 0 Å². The van der Waals surface area contributed by atoms with Gasteiger partial charge >= 0.3 is 0 Å². The van der Waals surface area contributed by atoms with E-state index in [1.807, 2.05) is 0 Å². The molecule has 1 N–H and O–H groups in total. The Bertz CT molecular complexity index is 1980. The van der Waals surface area contributed by atoms with Crippen molar-refractivity contribution in [3.05, 3.63) is 114 Å². The molecule has 5 heteroatoms. The van der Waals surface area contributed by atoms with Crippen molar-refractivity contribution in [3.63, 3.8) is 0 Å². The number of nitrogens with one attached hydrogen (secondary N) is 1. The Hall–Kier alpha value is -4.61. The summed E-state index contributed by atoms with van der Waals surface area (Å²) in [6.07, 6.45) is 4.57. The van der Waals surface area contributed by atoms with Crippen LogP contribution in [0, 0.1) is 0 Å². The molecule has 5 heterocycles. The highest BCUT2D eigenvalue weighted by Gasteiger charge is 2.29. The lowest BCUT2D eigenvalue weighted by atomic mass is 9.92. The number of fused-ring (bicyclic) bond motifs is 4. The van der Waals surface area contributed by atoms with Crippen LogP contribution in [-0.2, 0) is 19.5 Å². The molecule has 3 aliphatic rings. The van der Waals surface area contributed by atoms with Crippen molar-refractivity contribution in [2.24, 2.45) is 0 Å². The van der Waals surface area contributed by atoms with Crippen LogP contribution in [0.4, 0.5) is 11.4 Å². The van der Waals surface area contributed by atoms with Crippen LogP contribution in [0.2, 0.25) is 0 Å². The summed E-state index contributed by atoms with van der Waals surface area (Å²) >= 11 is 0. The highest BCUT2D eigenvalue weighted by Crippen LogP contribution is 2.44. The van der Waals surface area contributed by atoms with Gasteiger partial charge in [-0.15, -0.1) is 0 Å². The van der Waals surface area contributed by atoms with Crippen molar-refractivity contribution in [2.75, 3.05) is 30.0 Å². The van der Waals surface area contributed by atoms with E-state index in [9.17, 15) is 0 Å². The van der Waals surface area contributed by atoms with Gasteiger partial charge in [-0.1, -0.05) is 84.9 Å². The quantitative estimate of drug-likeness (QED) is 0.224. The van der Waals surface area contributed by atoms with Gasteiger partial charge in [-0.2, -0.15) is 0 Å². The molecule has 6 aromatic rings.